The highest BCUT2D eigenvalue weighted by atomic mass is 16.5. The fourth-order valence-corrected chi connectivity index (χ4v) is 3.31. The number of likely N-dealkylation sites (N-methyl/N-ethyl adjacent to an activating group) is 1. The number of rotatable bonds is 5. The smallest absolute Gasteiger partial charge is 0.193 e. The van der Waals surface area contributed by atoms with Crippen LogP contribution in [0.3, 0.4) is 0 Å². The normalized spacial score (nSPS) is 25.7. The number of morpholine rings is 1. The second-order valence-corrected chi connectivity index (χ2v) is 6.53. The van der Waals surface area contributed by atoms with E-state index >= 15 is 0 Å². The molecule has 7 nitrogen and oxygen atoms in total. The van der Waals surface area contributed by atoms with E-state index in [4.69, 9.17) is 14.2 Å². The van der Waals surface area contributed by atoms with E-state index in [-0.39, 0.29) is 11.6 Å². The van der Waals surface area contributed by atoms with Gasteiger partial charge in [0.05, 0.1) is 19.3 Å². The second-order valence-electron chi connectivity index (χ2n) is 6.53. The molecular formula is C16H32N4O3. The van der Waals surface area contributed by atoms with E-state index in [9.17, 15) is 0 Å². The number of hydrogen-bond acceptors (Lipinski definition) is 5. The van der Waals surface area contributed by atoms with Gasteiger partial charge in [0, 0.05) is 52.5 Å². The van der Waals surface area contributed by atoms with Gasteiger partial charge < -0.3 is 29.3 Å². The number of ether oxygens (including phenoxy) is 3. The zero-order valence-electron chi connectivity index (χ0n) is 15.0. The van der Waals surface area contributed by atoms with Crippen LogP contribution in [0.25, 0.3) is 0 Å². The molecule has 1 atom stereocenters. The fraction of sp³-hybridized carbons (Fsp3) is 0.938. The summed E-state index contributed by atoms with van der Waals surface area (Å²) in [4.78, 5) is 9.05. The Labute approximate surface area is 140 Å². The van der Waals surface area contributed by atoms with Gasteiger partial charge in [-0.1, -0.05) is 0 Å². The van der Waals surface area contributed by atoms with Gasteiger partial charge in [0.25, 0.3) is 0 Å². The highest BCUT2D eigenvalue weighted by Gasteiger charge is 2.35. The first-order chi connectivity index (χ1) is 11.1. The van der Waals surface area contributed by atoms with Crippen LogP contribution in [0.5, 0.6) is 0 Å². The molecule has 134 valence electrons. The first-order valence-electron chi connectivity index (χ1n) is 8.42. The molecule has 0 bridgehead atoms. The minimum atomic E-state index is 0.109. The van der Waals surface area contributed by atoms with Crippen LogP contribution in [-0.2, 0) is 14.2 Å². The van der Waals surface area contributed by atoms with E-state index in [2.05, 4.69) is 34.2 Å². The molecule has 0 radical (unpaired) electrons. The standard InChI is InChI=1S/C16H32N4O3/c1-17-15(20-7-10-23-14(11-20)12-21-4)18-13-16(19(2)3)5-8-22-9-6-16/h14H,5-13H2,1-4H3,(H,17,18). The monoisotopic (exact) mass is 328 g/mol. The fourth-order valence-electron chi connectivity index (χ4n) is 3.31. The topological polar surface area (TPSA) is 58.6 Å². The Balaban J connectivity index is 1.93. The summed E-state index contributed by atoms with van der Waals surface area (Å²) in [6.45, 7) is 5.53. The largest absolute Gasteiger partial charge is 0.382 e. The molecule has 1 N–H and O–H groups in total. The number of nitrogens with zero attached hydrogens (tertiary/aromatic N) is 3. The van der Waals surface area contributed by atoms with Crippen LogP contribution < -0.4 is 5.32 Å². The van der Waals surface area contributed by atoms with Crippen molar-refractivity contribution in [1.29, 1.82) is 0 Å². The van der Waals surface area contributed by atoms with Gasteiger partial charge in [0.15, 0.2) is 5.96 Å². The maximum atomic E-state index is 5.72. The Morgan fingerprint density at radius 1 is 1.35 bits per heavy atom. The Bertz CT molecular complexity index is 382. The molecule has 2 fully saturated rings. The molecule has 2 rings (SSSR count). The van der Waals surface area contributed by atoms with Gasteiger partial charge in [-0.15, -0.1) is 0 Å². The number of hydrogen-bond donors (Lipinski definition) is 1. The summed E-state index contributed by atoms with van der Waals surface area (Å²) < 4.78 is 16.5. The molecule has 7 heteroatoms. The van der Waals surface area contributed by atoms with Crippen LogP contribution in [0, 0.1) is 0 Å². The number of aliphatic imine (C=N–C) groups is 1. The predicted molar refractivity (Wildman–Crippen MR) is 91.0 cm³/mol. The van der Waals surface area contributed by atoms with Crippen molar-refractivity contribution >= 4 is 5.96 Å². The van der Waals surface area contributed by atoms with Crippen molar-refractivity contribution in [2.24, 2.45) is 4.99 Å². The Morgan fingerprint density at radius 3 is 2.70 bits per heavy atom. The summed E-state index contributed by atoms with van der Waals surface area (Å²) in [7, 11) is 7.86. The quantitative estimate of drug-likeness (QED) is 0.567. The zero-order valence-corrected chi connectivity index (χ0v) is 15.0. The molecule has 0 aromatic heterocycles. The third-order valence-electron chi connectivity index (χ3n) is 4.95. The number of nitrogens with one attached hydrogen (secondary N) is 1. The van der Waals surface area contributed by atoms with Crippen molar-refractivity contribution in [3.63, 3.8) is 0 Å². The van der Waals surface area contributed by atoms with E-state index in [1.807, 2.05) is 7.05 Å². The second kappa shape index (κ2) is 8.82. The van der Waals surface area contributed by atoms with Gasteiger partial charge in [0.2, 0.25) is 0 Å². The molecule has 1 unspecified atom stereocenters. The summed E-state index contributed by atoms with van der Waals surface area (Å²) in [6.07, 6.45) is 2.19. The third-order valence-corrected chi connectivity index (χ3v) is 4.95. The van der Waals surface area contributed by atoms with Crippen LogP contribution >= 0.6 is 0 Å². The summed E-state index contributed by atoms with van der Waals surface area (Å²) in [5.41, 5.74) is 0.131. The van der Waals surface area contributed by atoms with E-state index in [0.717, 1.165) is 51.6 Å². The Kier molecular flexibility index (Phi) is 7.08. The SMILES string of the molecule is CN=C(NCC1(N(C)C)CCOCC1)N1CCOC(COC)C1. The molecule has 23 heavy (non-hydrogen) atoms. The molecule has 2 aliphatic heterocycles. The molecule has 0 aromatic rings. The highest BCUT2D eigenvalue weighted by molar-refractivity contribution is 5.80. The van der Waals surface area contributed by atoms with E-state index in [1.54, 1.807) is 7.11 Å². The van der Waals surface area contributed by atoms with E-state index in [1.165, 1.54) is 0 Å². The molecule has 0 amide bonds. The molecule has 2 aliphatic rings. The van der Waals surface area contributed by atoms with Gasteiger partial charge in [-0.25, -0.2) is 0 Å². The highest BCUT2D eigenvalue weighted by Crippen LogP contribution is 2.25. The molecule has 0 aromatic carbocycles. The summed E-state index contributed by atoms with van der Waals surface area (Å²) in [5.74, 6) is 0.946. The average molecular weight is 328 g/mol. The van der Waals surface area contributed by atoms with Crippen molar-refractivity contribution in [2.75, 3.05) is 74.3 Å². The first kappa shape index (κ1) is 18.4. The molecule has 2 saturated heterocycles. The van der Waals surface area contributed by atoms with E-state index < -0.39 is 0 Å². The number of methoxy groups -OCH3 is 1. The molecule has 0 spiro atoms. The minimum absolute atomic E-state index is 0.109. The average Bonchev–Trinajstić information content (AvgIpc) is 2.57. The lowest BCUT2D eigenvalue weighted by molar-refractivity contribution is -0.0452. The van der Waals surface area contributed by atoms with E-state index in [0.29, 0.717) is 13.2 Å². The third kappa shape index (κ3) is 4.79. The van der Waals surface area contributed by atoms with Crippen LogP contribution in [0.1, 0.15) is 12.8 Å². The van der Waals surface area contributed by atoms with Crippen LogP contribution in [0.2, 0.25) is 0 Å². The maximum Gasteiger partial charge on any atom is 0.193 e. The summed E-state index contributed by atoms with van der Waals surface area (Å²) in [5, 5.41) is 3.58. The van der Waals surface area contributed by atoms with Crippen molar-refractivity contribution in [3.05, 3.63) is 0 Å². The van der Waals surface area contributed by atoms with Crippen molar-refractivity contribution in [3.8, 4) is 0 Å². The van der Waals surface area contributed by atoms with Gasteiger partial charge in [-0.3, -0.25) is 4.99 Å². The lowest BCUT2D eigenvalue weighted by atomic mass is 9.88. The van der Waals surface area contributed by atoms with Gasteiger partial charge in [-0.05, 0) is 26.9 Å². The first-order valence-corrected chi connectivity index (χ1v) is 8.42. The summed E-state index contributed by atoms with van der Waals surface area (Å²) >= 11 is 0. The van der Waals surface area contributed by atoms with Gasteiger partial charge in [0.1, 0.15) is 0 Å². The van der Waals surface area contributed by atoms with Crippen LogP contribution in [0.15, 0.2) is 4.99 Å². The molecule has 0 aliphatic carbocycles. The Hall–Kier alpha value is -0.890. The lowest BCUT2D eigenvalue weighted by Gasteiger charge is -2.44. The van der Waals surface area contributed by atoms with Crippen molar-refractivity contribution < 1.29 is 14.2 Å². The zero-order chi connectivity index (χ0) is 16.7. The molecule has 0 saturated carbocycles. The Morgan fingerprint density at radius 2 is 2.09 bits per heavy atom. The minimum Gasteiger partial charge on any atom is -0.382 e. The van der Waals surface area contributed by atoms with Crippen LogP contribution in [0.4, 0.5) is 0 Å². The predicted octanol–water partition coefficient (Wildman–Crippen LogP) is 0.0198. The maximum absolute atomic E-state index is 5.72. The summed E-state index contributed by atoms with van der Waals surface area (Å²) in [6, 6.07) is 0. The van der Waals surface area contributed by atoms with Crippen molar-refractivity contribution in [1.82, 2.24) is 15.1 Å². The van der Waals surface area contributed by atoms with Gasteiger partial charge >= 0.3 is 0 Å². The lowest BCUT2D eigenvalue weighted by Crippen LogP contribution is -2.59. The van der Waals surface area contributed by atoms with Gasteiger partial charge in [-0.2, -0.15) is 0 Å². The molecule has 2 heterocycles. The van der Waals surface area contributed by atoms with Crippen LogP contribution in [-0.4, -0.2) is 102 Å². The molecular weight excluding hydrogens is 296 g/mol. The number of guanidine groups is 1. The van der Waals surface area contributed by atoms with Crippen molar-refractivity contribution in [2.45, 2.75) is 24.5 Å².